The smallest absolute Gasteiger partial charge is 0.325 e. The molecule has 1 aromatic heterocycles. The van der Waals surface area contributed by atoms with Crippen molar-refractivity contribution in [1.82, 2.24) is 9.88 Å². The summed E-state index contributed by atoms with van der Waals surface area (Å²) in [6.07, 6.45) is 0. The van der Waals surface area contributed by atoms with E-state index in [4.69, 9.17) is 9.47 Å². The zero-order valence-corrected chi connectivity index (χ0v) is 11.0. The maximum Gasteiger partial charge on any atom is 0.325 e. The molecule has 0 fully saturated rings. The minimum atomic E-state index is -0.940. The van der Waals surface area contributed by atoms with Crippen LogP contribution in [0.15, 0.2) is 12.1 Å². The van der Waals surface area contributed by atoms with Gasteiger partial charge in [-0.3, -0.25) is 9.69 Å². The highest BCUT2D eigenvalue weighted by atomic mass is 16.5. The molecule has 0 unspecified atom stereocenters. The van der Waals surface area contributed by atoms with Crippen molar-refractivity contribution in [3.8, 4) is 11.8 Å². The molecule has 0 aliphatic carbocycles. The highest BCUT2D eigenvalue weighted by Crippen LogP contribution is 2.29. The van der Waals surface area contributed by atoms with E-state index in [2.05, 4.69) is 4.98 Å². The lowest BCUT2D eigenvalue weighted by molar-refractivity contribution is -0.143. The lowest BCUT2D eigenvalue weighted by atomic mass is 10.1. The maximum atomic E-state index is 11.4. The number of rotatable bonds is 6. The van der Waals surface area contributed by atoms with Gasteiger partial charge in [0.2, 0.25) is 11.8 Å². The number of hydrogen-bond donors (Lipinski definition) is 1. The van der Waals surface area contributed by atoms with Gasteiger partial charge >= 0.3 is 5.97 Å². The topological polar surface area (TPSA) is 71.9 Å². The average Bonchev–Trinajstić information content (AvgIpc) is 2.38. The minimum Gasteiger partial charge on any atom is -0.481 e. The molecule has 0 saturated heterocycles. The molecule has 100 valence electrons. The van der Waals surface area contributed by atoms with Crippen molar-refractivity contribution in [2.75, 3.05) is 27.8 Å². The van der Waals surface area contributed by atoms with E-state index >= 15 is 0 Å². The Morgan fingerprint density at radius 1 is 1.44 bits per heavy atom. The average molecular weight is 254 g/mol. The van der Waals surface area contributed by atoms with Crippen LogP contribution in [0, 0.1) is 0 Å². The summed E-state index contributed by atoms with van der Waals surface area (Å²) < 4.78 is 10.1. The first-order valence-electron chi connectivity index (χ1n) is 5.57. The first-order chi connectivity index (χ1) is 8.54. The highest BCUT2D eigenvalue weighted by Gasteiger charge is 2.27. The number of likely N-dealkylation sites (N-methyl/N-ethyl adjacent to an activating group) is 1. The standard InChI is InChI=1S/C12H18N2O4/c1-5-14(2)10(12(15)16)8-6-7-9(17-3)13-11(8)18-4/h6-7,10H,5H2,1-4H3,(H,15,16)/t10-/m1/s1. The number of hydrogen-bond acceptors (Lipinski definition) is 5. The zero-order valence-electron chi connectivity index (χ0n) is 11.0. The fourth-order valence-corrected chi connectivity index (χ4v) is 1.66. The highest BCUT2D eigenvalue weighted by molar-refractivity contribution is 5.76. The molecular formula is C12H18N2O4. The van der Waals surface area contributed by atoms with Gasteiger partial charge < -0.3 is 14.6 Å². The number of carbonyl (C=O) groups is 1. The first kappa shape index (κ1) is 14.2. The van der Waals surface area contributed by atoms with Crippen LogP contribution in [0.3, 0.4) is 0 Å². The molecule has 1 atom stereocenters. The minimum absolute atomic E-state index is 0.266. The van der Waals surface area contributed by atoms with Gasteiger partial charge in [0.15, 0.2) is 0 Å². The molecule has 0 spiro atoms. The summed E-state index contributed by atoms with van der Waals surface area (Å²) in [6, 6.07) is 2.50. The number of carboxylic acids is 1. The molecule has 0 amide bonds. The third kappa shape index (κ3) is 2.89. The second-order valence-electron chi connectivity index (χ2n) is 3.77. The Balaban J connectivity index is 3.23. The van der Waals surface area contributed by atoms with E-state index in [-0.39, 0.29) is 5.88 Å². The van der Waals surface area contributed by atoms with Gasteiger partial charge in [0.05, 0.1) is 14.2 Å². The summed E-state index contributed by atoms with van der Waals surface area (Å²) in [4.78, 5) is 17.2. The van der Waals surface area contributed by atoms with Crippen molar-refractivity contribution in [3.05, 3.63) is 17.7 Å². The number of nitrogens with zero attached hydrogens (tertiary/aromatic N) is 2. The Morgan fingerprint density at radius 2 is 2.11 bits per heavy atom. The Morgan fingerprint density at radius 3 is 2.56 bits per heavy atom. The molecule has 1 heterocycles. The SMILES string of the molecule is CCN(C)[C@@H](C(=O)O)c1ccc(OC)nc1OC. The normalized spacial score (nSPS) is 12.3. The van der Waals surface area contributed by atoms with E-state index in [1.165, 1.54) is 14.2 Å². The van der Waals surface area contributed by atoms with Crippen LogP contribution in [0.2, 0.25) is 0 Å². The Bertz CT molecular complexity index is 423. The van der Waals surface area contributed by atoms with Gasteiger partial charge in [-0.2, -0.15) is 4.98 Å². The van der Waals surface area contributed by atoms with Crippen LogP contribution in [0.5, 0.6) is 11.8 Å². The molecule has 0 bridgehead atoms. The monoisotopic (exact) mass is 254 g/mol. The molecule has 1 aromatic rings. The number of ether oxygens (including phenoxy) is 2. The molecule has 0 radical (unpaired) electrons. The number of pyridine rings is 1. The van der Waals surface area contributed by atoms with E-state index in [0.29, 0.717) is 18.0 Å². The maximum absolute atomic E-state index is 11.4. The second-order valence-corrected chi connectivity index (χ2v) is 3.77. The molecule has 0 aliphatic heterocycles. The number of methoxy groups -OCH3 is 2. The van der Waals surface area contributed by atoms with Crippen molar-refractivity contribution in [1.29, 1.82) is 0 Å². The Hall–Kier alpha value is -1.82. The van der Waals surface area contributed by atoms with Gasteiger partial charge in [0, 0.05) is 11.6 Å². The lowest BCUT2D eigenvalue weighted by Crippen LogP contribution is -2.31. The number of carboxylic acid groups (broad SMARTS) is 1. The van der Waals surface area contributed by atoms with Gasteiger partial charge in [-0.05, 0) is 19.7 Å². The number of aliphatic carboxylic acids is 1. The summed E-state index contributed by atoms with van der Waals surface area (Å²) in [5.41, 5.74) is 0.509. The van der Waals surface area contributed by atoms with Crippen LogP contribution in [0.1, 0.15) is 18.5 Å². The van der Waals surface area contributed by atoms with Crippen LogP contribution >= 0.6 is 0 Å². The quantitative estimate of drug-likeness (QED) is 0.821. The summed E-state index contributed by atoms with van der Waals surface area (Å²) in [5, 5.41) is 9.32. The Labute approximate surface area is 106 Å². The third-order valence-corrected chi connectivity index (χ3v) is 2.73. The van der Waals surface area contributed by atoms with E-state index in [0.717, 1.165) is 0 Å². The molecule has 6 nitrogen and oxygen atoms in total. The molecular weight excluding hydrogens is 236 g/mol. The van der Waals surface area contributed by atoms with Crippen molar-refractivity contribution >= 4 is 5.97 Å². The molecule has 0 aromatic carbocycles. The summed E-state index contributed by atoms with van der Waals surface area (Å²) in [6.45, 7) is 2.49. The number of aromatic nitrogens is 1. The summed E-state index contributed by atoms with van der Waals surface area (Å²) >= 11 is 0. The molecule has 0 saturated carbocycles. The molecule has 0 aliphatic rings. The Kier molecular flexibility index (Phi) is 4.91. The van der Waals surface area contributed by atoms with Crippen LogP contribution < -0.4 is 9.47 Å². The van der Waals surface area contributed by atoms with Gasteiger partial charge in [-0.15, -0.1) is 0 Å². The molecule has 18 heavy (non-hydrogen) atoms. The molecule has 6 heteroatoms. The lowest BCUT2D eigenvalue weighted by Gasteiger charge is -2.24. The predicted octanol–water partition coefficient (Wildman–Crippen LogP) is 1.18. The third-order valence-electron chi connectivity index (χ3n) is 2.73. The van der Waals surface area contributed by atoms with Crippen LogP contribution in [0.25, 0.3) is 0 Å². The van der Waals surface area contributed by atoms with Crippen LogP contribution in [0.4, 0.5) is 0 Å². The molecule has 1 rings (SSSR count). The van der Waals surface area contributed by atoms with Gasteiger partial charge in [-0.25, -0.2) is 0 Å². The van der Waals surface area contributed by atoms with Gasteiger partial charge in [-0.1, -0.05) is 6.92 Å². The largest absolute Gasteiger partial charge is 0.481 e. The van der Waals surface area contributed by atoms with E-state index < -0.39 is 12.0 Å². The van der Waals surface area contributed by atoms with E-state index in [1.54, 1.807) is 24.1 Å². The van der Waals surface area contributed by atoms with Gasteiger partial charge in [0.1, 0.15) is 6.04 Å². The first-order valence-corrected chi connectivity index (χ1v) is 5.57. The fraction of sp³-hybridized carbons (Fsp3) is 0.500. The van der Waals surface area contributed by atoms with E-state index in [1.807, 2.05) is 6.92 Å². The van der Waals surface area contributed by atoms with Crippen molar-refractivity contribution in [2.45, 2.75) is 13.0 Å². The van der Waals surface area contributed by atoms with Gasteiger partial charge in [0.25, 0.3) is 0 Å². The predicted molar refractivity (Wildman–Crippen MR) is 66.0 cm³/mol. The zero-order chi connectivity index (χ0) is 13.7. The van der Waals surface area contributed by atoms with Crippen molar-refractivity contribution < 1.29 is 19.4 Å². The van der Waals surface area contributed by atoms with E-state index in [9.17, 15) is 9.90 Å². The summed E-state index contributed by atoms with van der Waals surface area (Å²) in [5.74, 6) is -0.287. The van der Waals surface area contributed by atoms with Crippen LogP contribution in [-0.2, 0) is 4.79 Å². The van der Waals surface area contributed by atoms with Crippen LogP contribution in [-0.4, -0.2) is 48.8 Å². The fourth-order valence-electron chi connectivity index (χ4n) is 1.66. The van der Waals surface area contributed by atoms with Crippen molar-refractivity contribution in [3.63, 3.8) is 0 Å². The summed E-state index contributed by atoms with van der Waals surface area (Å²) in [7, 11) is 4.69. The van der Waals surface area contributed by atoms with Crippen molar-refractivity contribution in [2.24, 2.45) is 0 Å². The molecule has 1 N–H and O–H groups in total. The second kappa shape index (κ2) is 6.20.